The van der Waals surface area contributed by atoms with Crippen molar-refractivity contribution in [1.29, 1.82) is 0 Å². The molecule has 0 aliphatic heterocycles. The van der Waals surface area contributed by atoms with Gasteiger partial charge in [0.15, 0.2) is 0 Å². The quantitative estimate of drug-likeness (QED) is 0.744. The van der Waals surface area contributed by atoms with Gasteiger partial charge in [-0.1, -0.05) is 32.6 Å². The van der Waals surface area contributed by atoms with Crippen molar-refractivity contribution >= 4 is 12.0 Å². The average molecular weight is 282 g/mol. The van der Waals surface area contributed by atoms with Gasteiger partial charge in [-0.05, 0) is 38.5 Å². The highest BCUT2D eigenvalue weighted by molar-refractivity contribution is 5.86. The first-order chi connectivity index (χ1) is 9.35. The summed E-state index contributed by atoms with van der Waals surface area (Å²) in [6, 6.07) is -0.328. The molecule has 20 heavy (non-hydrogen) atoms. The lowest BCUT2D eigenvalue weighted by Crippen LogP contribution is -2.61. The monoisotopic (exact) mass is 282 g/mol. The molecule has 0 heterocycles. The zero-order valence-corrected chi connectivity index (χ0v) is 12.5. The first-order valence-corrected chi connectivity index (χ1v) is 7.69. The van der Waals surface area contributed by atoms with Crippen molar-refractivity contribution in [2.75, 3.05) is 0 Å². The van der Waals surface area contributed by atoms with Crippen molar-refractivity contribution in [2.45, 2.75) is 76.3 Å². The van der Waals surface area contributed by atoms with Gasteiger partial charge in [0.05, 0.1) is 0 Å². The number of carboxylic acid groups (broad SMARTS) is 1. The van der Waals surface area contributed by atoms with Crippen LogP contribution in [-0.4, -0.2) is 28.2 Å². The number of hydrogen-bond acceptors (Lipinski definition) is 2. The second kappa shape index (κ2) is 5.62. The van der Waals surface area contributed by atoms with Crippen LogP contribution in [0.1, 0.15) is 65.2 Å². The average Bonchev–Trinajstić information content (AvgIpc) is 2.75. The fraction of sp³-hybridized carbons (Fsp3) is 0.867. The van der Waals surface area contributed by atoms with Crippen LogP contribution in [0.5, 0.6) is 0 Å². The molecule has 0 bridgehead atoms. The molecule has 5 nitrogen and oxygen atoms in total. The number of hydrogen-bond donors (Lipinski definition) is 3. The molecule has 3 N–H and O–H groups in total. The maximum atomic E-state index is 12.2. The first-order valence-electron chi connectivity index (χ1n) is 7.69. The Labute approximate surface area is 120 Å². The van der Waals surface area contributed by atoms with Gasteiger partial charge in [-0.2, -0.15) is 0 Å². The molecule has 2 saturated carbocycles. The second-order valence-electron chi connectivity index (χ2n) is 6.94. The minimum atomic E-state index is -1.09. The smallest absolute Gasteiger partial charge is 0.329 e. The maximum absolute atomic E-state index is 12.2. The number of nitrogens with one attached hydrogen (secondary N) is 2. The second-order valence-corrected chi connectivity index (χ2v) is 6.94. The summed E-state index contributed by atoms with van der Waals surface area (Å²) in [5.41, 5.74) is -1.26. The lowest BCUT2D eigenvalue weighted by atomic mass is 9.76. The molecule has 2 aliphatic rings. The van der Waals surface area contributed by atoms with E-state index in [1.807, 2.05) is 6.92 Å². The van der Waals surface area contributed by atoms with Crippen molar-refractivity contribution in [3.05, 3.63) is 0 Å². The van der Waals surface area contributed by atoms with Gasteiger partial charge < -0.3 is 15.7 Å². The van der Waals surface area contributed by atoms with E-state index >= 15 is 0 Å². The molecule has 5 heteroatoms. The van der Waals surface area contributed by atoms with E-state index < -0.39 is 11.5 Å². The van der Waals surface area contributed by atoms with Crippen LogP contribution in [0.25, 0.3) is 0 Å². The van der Waals surface area contributed by atoms with Gasteiger partial charge in [0, 0.05) is 5.54 Å². The Bertz CT molecular complexity index is 391. The molecule has 0 aromatic heterocycles. The number of rotatable bonds is 3. The Balaban J connectivity index is 2.01. The zero-order chi connectivity index (χ0) is 14.8. The van der Waals surface area contributed by atoms with Crippen molar-refractivity contribution in [3.8, 4) is 0 Å². The molecule has 0 spiro atoms. The van der Waals surface area contributed by atoms with Gasteiger partial charge >= 0.3 is 12.0 Å². The lowest BCUT2D eigenvalue weighted by molar-refractivity contribution is -0.146. The Hall–Kier alpha value is -1.26. The van der Waals surface area contributed by atoms with Gasteiger partial charge in [0.1, 0.15) is 5.54 Å². The Kier molecular flexibility index (Phi) is 4.25. The number of carbonyl (C=O) groups is 2. The lowest BCUT2D eigenvalue weighted by Gasteiger charge is -2.38. The molecule has 0 radical (unpaired) electrons. The molecular formula is C15H26N2O3. The Morgan fingerprint density at radius 3 is 2.30 bits per heavy atom. The van der Waals surface area contributed by atoms with Crippen LogP contribution in [0.4, 0.5) is 4.79 Å². The summed E-state index contributed by atoms with van der Waals surface area (Å²) in [4.78, 5) is 23.8. The molecular weight excluding hydrogens is 256 g/mol. The van der Waals surface area contributed by atoms with Crippen LogP contribution in [0.3, 0.4) is 0 Å². The number of carboxylic acids is 1. The number of carbonyl (C=O) groups excluding carboxylic acids is 1. The summed E-state index contributed by atoms with van der Waals surface area (Å²) in [7, 11) is 0. The first kappa shape index (κ1) is 15.1. The predicted molar refractivity (Wildman–Crippen MR) is 76.5 cm³/mol. The largest absolute Gasteiger partial charge is 0.480 e. The maximum Gasteiger partial charge on any atom is 0.329 e. The Morgan fingerprint density at radius 1 is 1.10 bits per heavy atom. The molecule has 0 saturated heterocycles. The van der Waals surface area contributed by atoms with Crippen LogP contribution in [0.15, 0.2) is 0 Å². The molecule has 2 aliphatic carbocycles. The highest BCUT2D eigenvalue weighted by Gasteiger charge is 2.44. The Morgan fingerprint density at radius 2 is 1.75 bits per heavy atom. The fourth-order valence-corrected chi connectivity index (χ4v) is 3.72. The topological polar surface area (TPSA) is 78.4 Å². The summed E-state index contributed by atoms with van der Waals surface area (Å²) in [5.74, 6) is -0.571. The van der Waals surface area contributed by atoms with Crippen LogP contribution in [0.2, 0.25) is 0 Å². The van der Waals surface area contributed by atoms with E-state index in [2.05, 4.69) is 17.6 Å². The number of urea groups is 1. The van der Waals surface area contributed by atoms with E-state index in [4.69, 9.17) is 0 Å². The van der Waals surface area contributed by atoms with Crippen molar-refractivity contribution in [2.24, 2.45) is 5.92 Å². The van der Waals surface area contributed by atoms with Gasteiger partial charge in [-0.25, -0.2) is 9.59 Å². The van der Waals surface area contributed by atoms with E-state index in [0.29, 0.717) is 18.8 Å². The van der Waals surface area contributed by atoms with Gasteiger partial charge in [-0.15, -0.1) is 0 Å². The van der Waals surface area contributed by atoms with E-state index in [1.165, 1.54) is 0 Å². The van der Waals surface area contributed by atoms with E-state index in [-0.39, 0.29) is 11.6 Å². The third-order valence-corrected chi connectivity index (χ3v) is 4.88. The molecule has 2 fully saturated rings. The summed E-state index contributed by atoms with van der Waals surface area (Å²) in [5, 5.41) is 15.3. The normalized spacial score (nSPS) is 32.6. The van der Waals surface area contributed by atoms with E-state index in [9.17, 15) is 14.7 Å². The third kappa shape index (κ3) is 3.25. The molecule has 114 valence electrons. The molecule has 0 aromatic carbocycles. The minimum Gasteiger partial charge on any atom is -0.480 e. The summed E-state index contributed by atoms with van der Waals surface area (Å²) >= 11 is 0. The van der Waals surface area contributed by atoms with Crippen molar-refractivity contribution in [3.63, 3.8) is 0 Å². The molecule has 2 rings (SSSR count). The van der Waals surface area contributed by atoms with Gasteiger partial charge in [0.25, 0.3) is 0 Å². The van der Waals surface area contributed by atoms with Crippen LogP contribution >= 0.6 is 0 Å². The fourth-order valence-electron chi connectivity index (χ4n) is 3.72. The van der Waals surface area contributed by atoms with E-state index in [0.717, 1.165) is 38.5 Å². The van der Waals surface area contributed by atoms with Crippen LogP contribution in [-0.2, 0) is 4.79 Å². The van der Waals surface area contributed by atoms with E-state index in [1.54, 1.807) is 0 Å². The molecule has 2 atom stereocenters. The zero-order valence-electron chi connectivity index (χ0n) is 12.5. The standard InChI is InChI=1S/C15H26N2O3/c1-11-6-5-9-15(10-11,12(18)19)17-13(20)16-14(2)7-3-4-8-14/h11H,3-10H2,1-2H3,(H,18,19)(H2,16,17,20). The predicted octanol–water partition coefficient (Wildman–Crippen LogP) is 2.65. The molecule has 2 unspecified atom stereocenters. The minimum absolute atomic E-state index is 0.177. The van der Waals surface area contributed by atoms with Crippen molar-refractivity contribution in [1.82, 2.24) is 10.6 Å². The number of amides is 2. The summed E-state index contributed by atoms with van der Waals surface area (Å²) in [6.07, 6.45) is 7.12. The van der Waals surface area contributed by atoms with Gasteiger partial charge in [0.2, 0.25) is 0 Å². The number of aliphatic carboxylic acids is 1. The van der Waals surface area contributed by atoms with Crippen molar-refractivity contribution < 1.29 is 14.7 Å². The molecule has 2 amide bonds. The highest BCUT2D eigenvalue weighted by atomic mass is 16.4. The molecule has 0 aromatic rings. The summed E-state index contributed by atoms with van der Waals surface area (Å²) < 4.78 is 0. The third-order valence-electron chi connectivity index (χ3n) is 4.88. The van der Waals surface area contributed by atoms with Gasteiger partial charge in [-0.3, -0.25) is 0 Å². The summed E-state index contributed by atoms with van der Waals surface area (Å²) in [6.45, 7) is 4.09. The van der Waals surface area contributed by atoms with Crippen LogP contribution in [0, 0.1) is 5.92 Å². The van der Waals surface area contributed by atoms with Crippen LogP contribution < -0.4 is 10.6 Å². The highest BCUT2D eigenvalue weighted by Crippen LogP contribution is 2.33. The SMILES string of the molecule is CC1CCCC(NC(=O)NC2(C)CCCC2)(C(=O)O)C1.